The van der Waals surface area contributed by atoms with E-state index in [1.165, 1.54) is 0 Å². The Morgan fingerprint density at radius 2 is 2.14 bits per heavy atom. The predicted molar refractivity (Wildman–Crippen MR) is 56.2 cm³/mol. The molecule has 0 aromatic carbocycles. The number of rotatable bonds is 4. The molecule has 5 heteroatoms. The van der Waals surface area contributed by atoms with E-state index >= 15 is 0 Å². The van der Waals surface area contributed by atoms with Crippen molar-refractivity contribution in [2.75, 3.05) is 12.4 Å². The first-order valence-electron chi connectivity index (χ1n) is 4.55. The first-order chi connectivity index (χ1) is 6.54. The van der Waals surface area contributed by atoms with Crippen molar-refractivity contribution in [2.24, 2.45) is 0 Å². The maximum Gasteiger partial charge on any atom is 0.236 e. The van der Waals surface area contributed by atoms with Crippen LogP contribution in [0.4, 0.5) is 0 Å². The second-order valence-corrected chi connectivity index (χ2v) is 5.14. The van der Waals surface area contributed by atoms with E-state index in [9.17, 15) is 0 Å². The van der Waals surface area contributed by atoms with Gasteiger partial charge in [-0.2, -0.15) is 4.98 Å². The highest BCUT2D eigenvalue weighted by atomic mass is 32.2. The van der Waals surface area contributed by atoms with E-state index in [-0.39, 0.29) is 12.0 Å². The molecule has 1 aromatic rings. The maximum atomic E-state index is 8.59. The van der Waals surface area contributed by atoms with Gasteiger partial charge in [-0.15, -0.1) is 11.8 Å². The van der Waals surface area contributed by atoms with E-state index < -0.39 is 0 Å². The van der Waals surface area contributed by atoms with Gasteiger partial charge in [-0.3, -0.25) is 0 Å². The minimum atomic E-state index is -0.0661. The molecule has 1 N–H and O–H groups in total. The van der Waals surface area contributed by atoms with Crippen LogP contribution in [-0.2, 0) is 11.2 Å². The third kappa shape index (κ3) is 3.31. The highest BCUT2D eigenvalue weighted by molar-refractivity contribution is 7.98. The van der Waals surface area contributed by atoms with Crippen LogP contribution in [0.25, 0.3) is 0 Å². The largest absolute Gasteiger partial charge is 0.396 e. The molecule has 0 unspecified atom stereocenters. The van der Waals surface area contributed by atoms with Gasteiger partial charge < -0.3 is 9.63 Å². The Morgan fingerprint density at radius 1 is 1.43 bits per heavy atom. The molecule has 1 rings (SSSR count). The van der Waals surface area contributed by atoms with Crippen molar-refractivity contribution >= 4 is 11.8 Å². The van der Waals surface area contributed by atoms with Crippen LogP contribution in [0.15, 0.2) is 4.52 Å². The maximum absolute atomic E-state index is 8.59. The molecule has 0 fully saturated rings. The quantitative estimate of drug-likeness (QED) is 0.774. The summed E-state index contributed by atoms with van der Waals surface area (Å²) in [4.78, 5) is 4.27. The summed E-state index contributed by atoms with van der Waals surface area (Å²) >= 11 is 1.58. The van der Waals surface area contributed by atoms with E-state index in [4.69, 9.17) is 9.63 Å². The van der Waals surface area contributed by atoms with Crippen molar-refractivity contribution in [1.29, 1.82) is 0 Å². The summed E-state index contributed by atoms with van der Waals surface area (Å²) in [5.74, 6) is 2.74. The van der Waals surface area contributed by atoms with Crippen molar-refractivity contribution < 1.29 is 9.63 Å². The lowest BCUT2D eigenvalue weighted by Gasteiger charge is -2.10. The Kier molecular flexibility index (Phi) is 3.95. The van der Waals surface area contributed by atoms with Gasteiger partial charge in [0.25, 0.3) is 0 Å². The van der Waals surface area contributed by atoms with Crippen molar-refractivity contribution in [3.63, 3.8) is 0 Å². The molecule has 0 aliphatic heterocycles. The minimum absolute atomic E-state index is 0.0661. The molecule has 14 heavy (non-hydrogen) atoms. The van der Waals surface area contributed by atoms with E-state index in [1.807, 2.05) is 20.8 Å². The summed E-state index contributed by atoms with van der Waals surface area (Å²) in [5, 5.41) is 12.5. The van der Waals surface area contributed by atoms with E-state index in [1.54, 1.807) is 11.8 Å². The van der Waals surface area contributed by atoms with E-state index in [0.717, 1.165) is 5.82 Å². The van der Waals surface area contributed by atoms with Gasteiger partial charge in [0.1, 0.15) is 0 Å². The lowest BCUT2D eigenvalue weighted by Crippen LogP contribution is -2.13. The van der Waals surface area contributed by atoms with Gasteiger partial charge in [-0.05, 0) is 0 Å². The molecule has 0 radical (unpaired) electrons. The molecule has 0 saturated heterocycles. The number of aliphatic hydroxyl groups is 1. The minimum Gasteiger partial charge on any atom is -0.396 e. The number of thioether (sulfide) groups is 1. The Morgan fingerprint density at radius 3 is 2.64 bits per heavy atom. The molecular formula is C9H16N2O2S. The zero-order valence-corrected chi connectivity index (χ0v) is 9.60. The highest BCUT2D eigenvalue weighted by Crippen LogP contribution is 2.19. The summed E-state index contributed by atoms with van der Waals surface area (Å²) in [7, 11) is 0. The van der Waals surface area contributed by atoms with Crippen molar-refractivity contribution in [3.05, 3.63) is 11.7 Å². The number of aliphatic hydroxyl groups excluding tert-OH is 1. The monoisotopic (exact) mass is 216 g/mol. The smallest absolute Gasteiger partial charge is 0.236 e. The first-order valence-corrected chi connectivity index (χ1v) is 5.71. The lowest BCUT2D eigenvalue weighted by molar-refractivity contribution is 0.322. The van der Waals surface area contributed by atoms with Crippen LogP contribution in [0.1, 0.15) is 32.5 Å². The van der Waals surface area contributed by atoms with Crippen LogP contribution in [-0.4, -0.2) is 27.6 Å². The zero-order chi connectivity index (χ0) is 10.6. The molecule has 0 aliphatic carbocycles. The van der Waals surface area contributed by atoms with Gasteiger partial charge in [0.15, 0.2) is 5.82 Å². The Labute approximate surface area is 88.1 Å². The van der Waals surface area contributed by atoms with Gasteiger partial charge in [-0.25, -0.2) is 0 Å². The SMILES string of the molecule is CC(C)(C)c1noc(CSCCO)n1. The van der Waals surface area contributed by atoms with Crippen LogP contribution in [0, 0.1) is 0 Å². The number of nitrogens with zero attached hydrogens (tertiary/aromatic N) is 2. The molecular weight excluding hydrogens is 200 g/mol. The molecule has 0 bridgehead atoms. The van der Waals surface area contributed by atoms with Gasteiger partial charge in [0, 0.05) is 11.2 Å². The predicted octanol–water partition coefficient (Wildman–Crippen LogP) is 1.59. The second-order valence-electron chi connectivity index (χ2n) is 4.04. The van der Waals surface area contributed by atoms with Gasteiger partial charge in [-0.1, -0.05) is 25.9 Å². The molecule has 0 spiro atoms. The van der Waals surface area contributed by atoms with Gasteiger partial charge >= 0.3 is 0 Å². The van der Waals surface area contributed by atoms with Crippen LogP contribution in [0.2, 0.25) is 0 Å². The summed E-state index contributed by atoms with van der Waals surface area (Å²) in [6.07, 6.45) is 0. The average molecular weight is 216 g/mol. The molecule has 1 aromatic heterocycles. The average Bonchev–Trinajstić information content (AvgIpc) is 2.52. The highest BCUT2D eigenvalue weighted by Gasteiger charge is 2.20. The summed E-state index contributed by atoms with van der Waals surface area (Å²) in [6.45, 7) is 6.32. The molecule has 0 atom stereocenters. The fourth-order valence-corrected chi connectivity index (χ4v) is 1.41. The topological polar surface area (TPSA) is 59.2 Å². The van der Waals surface area contributed by atoms with E-state index in [0.29, 0.717) is 17.4 Å². The summed E-state index contributed by atoms with van der Waals surface area (Å²) in [5.41, 5.74) is -0.0661. The number of aromatic nitrogens is 2. The van der Waals surface area contributed by atoms with Crippen LogP contribution < -0.4 is 0 Å². The van der Waals surface area contributed by atoms with Crippen LogP contribution in [0.3, 0.4) is 0 Å². The third-order valence-corrected chi connectivity index (χ3v) is 2.52. The Balaban J connectivity index is 2.51. The first kappa shape index (κ1) is 11.5. The lowest BCUT2D eigenvalue weighted by atomic mass is 9.96. The van der Waals surface area contributed by atoms with Crippen LogP contribution in [0.5, 0.6) is 0 Å². The fourth-order valence-electron chi connectivity index (χ4n) is 0.842. The van der Waals surface area contributed by atoms with E-state index in [2.05, 4.69) is 10.1 Å². The molecule has 80 valence electrons. The molecule has 0 saturated carbocycles. The number of hydrogen-bond donors (Lipinski definition) is 1. The molecule has 0 amide bonds. The normalized spacial score (nSPS) is 12.0. The summed E-state index contributed by atoms with van der Waals surface area (Å²) in [6, 6.07) is 0. The van der Waals surface area contributed by atoms with Crippen molar-refractivity contribution in [2.45, 2.75) is 31.9 Å². The molecule has 1 heterocycles. The Bertz CT molecular complexity index is 281. The fraction of sp³-hybridized carbons (Fsp3) is 0.778. The summed E-state index contributed by atoms with van der Waals surface area (Å²) < 4.78 is 5.07. The van der Waals surface area contributed by atoms with Crippen molar-refractivity contribution in [1.82, 2.24) is 10.1 Å². The standard InChI is InChI=1S/C9H16N2O2S/c1-9(2,3)8-10-7(13-11-8)6-14-5-4-12/h12H,4-6H2,1-3H3. The Hall–Kier alpha value is -0.550. The van der Waals surface area contributed by atoms with Crippen LogP contribution >= 0.6 is 11.8 Å². The number of hydrogen-bond acceptors (Lipinski definition) is 5. The van der Waals surface area contributed by atoms with Gasteiger partial charge in [0.2, 0.25) is 5.89 Å². The van der Waals surface area contributed by atoms with Gasteiger partial charge in [0.05, 0.1) is 12.4 Å². The zero-order valence-electron chi connectivity index (χ0n) is 8.78. The van der Waals surface area contributed by atoms with Crippen molar-refractivity contribution in [3.8, 4) is 0 Å². The second kappa shape index (κ2) is 4.79. The molecule has 4 nitrogen and oxygen atoms in total. The third-order valence-electron chi connectivity index (χ3n) is 1.60. The molecule has 0 aliphatic rings.